The Labute approximate surface area is 499 Å². The van der Waals surface area contributed by atoms with Crippen LogP contribution in [0, 0.1) is 13.8 Å². The first-order valence-corrected chi connectivity index (χ1v) is 35.3. The summed E-state index contributed by atoms with van der Waals surface area (Å²) in [6.45, 7) is 2.66. The smallest absolute Gasteiger partial charge is 0.342 e. The summed E-state index contributed by atoms with van der Waals surface area (Å²) < 4.78 is 264. The number of benzene rings is 8. The molecule has 12 N–H and O–H groups in total. The van der Waals surface area contributed by atoms with Crippen LogP contribution >= 0.6 is 0 Å². The van der Waals surface area contributed by atoms with Gasteiger partial charge in [0, 0.05) is 55.4 Å². The van der Waals surface area contributed by atoms with Gasteiger partial charge in [-0.15, -0.1) is 0 Å². The van der Waals surface area contributed by atoms with E-state index in [0.29, 0.717) is 24.3 Å². The molecule has 8 aromatic rings. The maximum absolute atomic E-state index is 13.7. The molecule has 0 fully saturated rings. The molecule has 0 bridgehead atoms. The van der Waals surface area contributed by atoms with Crippen molar-refractivity contribution in [3.8, 4) is 0 Å². The molecule has 0 atom stereocenters. The molecule has 4 amide bonds. The Balaban J connectivity index is 0.978. The molecular weight excluding hydrogens is 1330 g/mol. The second-order valence-corrected chi connectivity index (χ2v) is 30.3. The number of sulfonamides is 2. The molecule has 464 valence electrons. The van der Waals surface area contributed by atoms with Crippen LogP contribution in [0.1, 0.15) is 31.8 Å². The molecule has 39 heteroatoms. The number of carbonyl (C=O) groups is 3. The summed E-state index contributed by atoms with van der Waals surface area (Å²) >= 11 is 0. The van der Waals surface area contributed by atoms with E-state index in [1.54, 1.807) is 9.44 Å². The van der Waals surface area contributed by atoms with Crippen LogP contribution < -0.4 is 30.7 Å². The first kappa shape index (κ1) is 65.4. The van der Waals surface area contributed by atoms with Crippen molar-refractivity contribution < 1.29 is 109 Å². The van der Waals surface area contributed by atoms with Gasteiger partial charge in [-0.25, -0.2) is 31.1 Å². The first-order chi connectivity index (χ1) is 40.4. The van der Waals surface area contributed by atoms with E-state index >= 15 is 0 Å². The lowest BCUT2D eigenvalue weighted by Crippen LogP contribution is -2.42. The lowest BCUT2D eigenvalue weighted by atomic mass is 10.1. The van der Waals surface area contributed by atoms with Crippen molar-refractivity contribution in [3.05, 3.63) is 156 Å². The molecule has 88 heavy (non-hydrogen) atoms. The Kier molecular flexibility index (Phi) is 17.2. The highest BCUT2D eigenvalue weighted by Gasteiger charge is 2.31. The van der Waals surface area contributed by atoms with Crippen LogP contribution in [0.5, 0.6) is 0 Å². The molecule has 0 spiro atoms. The van der Waals surface area contributed by atoms with Gasteiger partial charge in [0.1, 0.15) is 19.6 Å². The number of urea groups is 1. The predicted octanol–water partition coefficient (Wildman–Crippen LogP) is 5.46. The quantitative estimate of drug-likeness (QED) is 0.0474. The summed E-state index contributed by atoms with van der Waals surface area (Å²) in [4.78, 5) is 32.2. The van der Waals surface area contributed by atoms with Crippen LogP contribution in [-0.2, 0) is 80.8 Å². The molecule has 0 saturated carbocycles. The zero-order valence-electron chi connectivity index (χ0n) is 43.9. The van der Waals surface area contributed by atoms with Gasteiger partial charge in [0.15, 0.2) is 0 Å². The monoisotopic (exact) mass is 1370 g/mol. The number of amides is 4. The number of rotatable bonds is 18. The third-order valence-corrected chi connectivity index (χ3v) is 20.7. The molecule has 8 aromatic carbocycles. The molecule has 0 aliphatic heterocycles. The van der Waals surface area contributed by atoms with Crippen molar-refractivity contribution in [2.45, 2.75) is 53.0 Å². The Hall–Kier alpha value is -8.55. The standard InChI is InChI=1S/C49H40N6O25S8/c1-25-9-11-31(50-29-7-3-5-27(17-29)47(56)52-37-13-15-39(85(69,70)71)35-21-33(83(63,64)65)23-43(45(35)37)87(75,76)77)19-41(25)81(59,60)54-49(58)55-82(61,62)42-20-32(12-10-26(42)2)51-30-8-4-6-28(18-30)48(57)53-38-14-16-40(86(72,73)74)36-22-34(84(66,67)68)24-44(46(36)38)88(78,79)80/h3-24,50-51H,1-2H3,(H,52,56)(H,53,57)(H2,54,55,58)(H,63,64,65)(H,66,67,68)(H,69,70,71)(H,72,73,74)(H,75,76,77)(H,78,79,80). The van der Waals surface area contributed by atoms with Crippen molar-refractivity contribution in [2.24, 2.45) is 0 Å². The van der Waals surface area contributed by atoms with E-state index < -0.39 is 171 Å². The van der Waals surface area contributed by atoms with E-state index in [2.05, 4.69) is 21.3 Å². The summed E-state index contributed by atoms with van der Waals surface area (Å²) in [5.74, 6) is -2.10. The van der Waals surface area contributed by atoms with Gasteiger partial charge in [-0.1, -0.05) is 24.3 Å². The minimum atomic E-state index is -5.47. The van der Waals surface area contributed by atoms with Crippen LogP contribution in [0.15, 0.2) is 173 Å². The minimum absolute atomic E-state index is 0.00278. The summed E-state index contributed by atoms with van der Waals surface area (Å²) in [6, 6.07) is 20.3. The fraction of sp³-hybridized carbons (Fsp3) is 0.0408. The van der Waals surface area contributed by atoms with Gasteiger partial charge >= 0.3 is 6.03 Å². The molecule has 0 saturated heterocycles. The minimum Gasteiger partial charge on any atom is -0.355 e. The van der Waals surface area contributed by atoms with Crippen molar-refractivity contribution in [3.63, 3.8) is 0 Å². The Morgan fingerprint density at radius 3 is 0.989 bits per heavy atom. The summed E-state index contributed by atoms with van der Waals surface area (Å²) in [5, 5.41) is 6.92. The molecule has 8 rings (SSSR count). The largest absolute Gasteiger partial charge is 0.355 e. The van der Waals surface area contributed by atoms with Gasteiger partial charge < -0.3 is 21.3 Å². The van der Waals surface area contributed by atoms with Crippen molar-refractivity contribution in [2.75, 3.05) is 21.3 Å². The van der Waals surface area contributed by atoms with Crippen LogP contribution in [-0.4, -0.2) is 113 Å². The number of hydrogen-bond acceptors (Lipinski definition) is 21. The number of anilines is 6. The highest BCUT2D eigenvalue weighted by atomic mass is 32.2. The van der Waals surface area contributed by atoms with Crippen molar-refractivity contribution in [1.82, 2.24) is 9.44 Å². The number of aryl methyl sites for hydroxylation is 2. The van der Waals surface area contributed by atoms with Gasteiger partial charge in [-0.2, -0.15) is 50.5 Å². The van der Waals surface area contributed by atoms with Gasteiger partial charge in [0.05, 0.1) is 31.0 Å². The van der Waals surface area contributed by atoms with Crippen LogP contribution in [0.3, 0.4) is 0 Å². The maximum atomic E-state index is 13.7. The summed E-state index contributed by atoms with van der Waals surface area (Å²) in [5.41, 5.74) is -1.33. The highest BCUT2D eigenvalue weighted by Crippen LogP contribution is 2.39. The SMILES string of the molecule is Cc1ccc(Nc2cccc(C(=O)Nc3ccc(S(=O)(=O)O)c4cc(S(=O)(=O)O)cc(S(=O)(=O)O)c34)c2)cc1S(=O)(=O)NC(=O)NS(=O)(=O)c1cc(Nc2cccc(C(=O)Nc3ccc(S(=O)(=O)O)c4cc(S(=O)(=O)O)cc(S(=O)(=O)O)c34)c2)ccc1C. The highest BCUT2D eigenvalue weighted by molar-refractivity contribution is 7.91. The van der Waals surface area contributed by atoms with Crippen LogP contribution in [0.2, 0.25) is 0 Å². The molecule has 0 aromatic heterocycles. The van der Waals surface area contributed by atoms with Gasteiger partial charge in [0.25, 0.3) is 92.6 Å². The normalized spacial score (nSPS) is 12.7. The average Bonchev–Trinajstić information content (AvgIpc) is 0.874. The molecule has 0 radical (unpaired) electrons. The van der Waals surface area contributed by atoms with Gasteiger partial charge in [0.2, 0.25) is 0 Å². The zero-order chi connectivity index (χ0) is 65.2. The van der Waals surface area contributed by atoms with Gasteiger partial charge in [-0.05, 0) is 134 Å². The lowest BCUT2D eigenvalue weighted by Gasteiger charge is -2.16. The molecule has 0 aliphatic rings. The van der Waals surface area contributed by atoms with Crippen LogP contribution in [0.4, 0.5) is 38.9 Å². The molecule has 31 nitrogen and oxygen atoms in total. The zero-order valence-corrected chi connectivity index (χ0v) is 50.4. The molecular formula is C49H40N6O25S8. The maximum Gasteiger partial charge on any atom is 0.342 e. The number of carbonyl (C=O) groups excluding carboxylic acids is 3. The molecule has 0 aliphatic carbocycles. The van der Waals surface area contributed by atoms with E-state index in [0.717, 1.165) is 24.3 Å². The van der Waals surface area contributed by atoms with E-state index in [4.69, 9.17) is 0 Å². The number of nitrogens with one attached hydrogen (secondary N) is 6. The number of hydrogen-bond donors (Lipinski definition) is 12. The lowest BCUT2D eigenvalue weighted by molar-refractivity contribution is 0.101. The average molecular weight is 1370 g/mol. The predicted molar refractivity (Wildman–Crippen MR) is 311 cm³/mol. The third kappa shape index (κ3) is 14.4. The molecule has 0 heterocycles. The van der Waals surface area contributed by atoms with E-state index in [-0.39, 0.29) is 57.1 Å². The van der Waals surface area contributed by atoms with Crippen LogP contribution in [0.25, 0.3) is 21.5 Å². The Bertz CT molecular complexity index is 5010. The van der Waals surface area contributed by atoms with Crippen molar-refractivity contribution >= 4 is 154 Å². The summed E-state index contributed by atoms with van der Waals surface area (Å²) in [7, 11) is -41.9. The van der Waals surface area contributed by atoms with Gasteiger partial charge in [-0.3, -0.25) is 36.9 Å². The second-order valence-electron chi connectivity index (χ2n) is 18.6. The fourth-order valence-electron chi connectivity index (χ4n) is 8.66. The first-order valence-electron chi connectivity index (χ1n) is 23.7. The molecule has 0 unspecified atom stereocenters. The second kappa shape index (κ2) is 23.2. The Morgan fingerprint density at radius 2 is 0.670 bits per heavy atom. The fourth-order valence-corrected chi connectivity index (χ4v) is 15.2. The van der Waals surface area contributed by atoms with Crippen molar-refractivity contribution in [1.29, 1.82) is 0 Å². The van der Waals surface area contributed by atoms with E-state index in [9.17, 15) is 109 Å². The van der Waals surface area contributed by atoms with E-state index in [1.165, 1.54) is 86.6 Å². The third-order valence-electron chi connectivity index (χ3n) is 12.5. The topological polar surface area (TPSA) is 518 Å². The Morgan fingerprint density at radius 1 is 0.341 bits per heavy atom. The van der Waals surface area contributed by atoms with E-state index in [1.807, 2.05) is 0 Å². The number of fused-ring (bicyclic) bond motifs is 2. The summed E-state index contributed by atoms with van der Waals surface area (Å²) in [6.07, 6.45) is 0.